The van der Waals surface area contributed by atoms with Gasteiger partial charge in [-0.05, 0) is 51.5 Å². The van der Waals surface area contributed by atoms with E-state index in [9.17, 15) is 4.79 Å². The summed E-state index contributed by atoms with van der Waals surface area (Å²) in [7, 11) is 3.92. The van der Waals surface area contributed by atoms with Crippen LogP contribution >= 0.6 is 27.7 Å². The minimum Gasteiger partial charge on any atom is -0.378 e. The van der Waals surface area contributed by atoms with Crippen molar-refractivity contribution in [1.82, 2.24) is 9.91 Å². The number of thioether (sulfide) groups is 1. The van der Waals surface area contributed by atoms with Gasteiger partial charge in [-0.1, -0.05) is 6.07 Å². The molecule has 146 valence electrons. The summed E-state index contributed by atoms with van der Waals surface area (Å²) in [5, 5.41) is 15.6. The summed E-state index contributed by atoms with van der Waals surface area (Å²) in [6, 6.07) is 5.79. The van der Waals surface area contributed by atoms with Crippen LogP contribution < -0.4 is 4.90 Å². The molecular formula is C18H19BrN6O2S. The largest absolute Gasteiger partial charge is 0.378 e. The van der Waals surface area contributed by atoms with Crippen LogP contribution in [0.1, 0.15) is 5.56 Å². The van der Waals surface area contributed by atoms with Crippen molar-refractivity contribution in [2.75, 3.05) is 45.3 Å². The number of nitrogens with one attached hydrogen (secondary N) is 1. The number of carbonyl (C=O) groups excluding carboxylic acids is 1. The number of anilines is 1. The second-order valence-corrected chi connectivity index (χ2v) is 8.40. The Bertz CT molecular complexity index is 936. The van der Waals surface area contributed by atoms with Crippen LogP contribution in [0, 0.1) is 5.41 Å². The Kier molecular flexibility index (Phi) is 5.26. The molecule has 3 heterocycles. The molecule has 0 spiro atoms. The number of hydrogen-bond acceptors (Lipinski definition) is 7. The van der Waals surface area contributed by atoms with Gasteiger partial charge in [0.25, 0.3) is 5.91 Å². The zero-order valence-corrected chi connectivity index (χ0v) is 17.9. The van der Waals surface area contributed by atoms with Crippen LogP contribution in [0.4, 0.5) is 5.69 Å². The van der Waals surface area contributed by atoms with Crippen LogP contribution in [0.15, 0.2) is 38.3 Å². The topological polar surface area (TPSA) is 84.6 Å². The Morgan fingerprint density at radius 2 is 2.04 bits per heavy atom. The van der Waals surface area contributed by atoms with Crippen LogP contribution in [-0.4, -0.2) is 72.4 Å². The highest BCUT2D eigenvalue weighted by Crippen LogP contribution is 2.31. The van der Waals surface area contributed by atoms with Crippen molar-refractivity contribution in [1.29, 1.82) is 5.41 Å². The third-order valence-corrected chi connectivity index (χ3v) is 6.09. The average Bonchev–Trinajstić information content (AvgIpc) is 3.10. The smallest absolute Gasteiger partial charge is 0.283 e. The summed E-state index contributed by atoms with van der Waals surface area (Å²) in [5.41, 5.74) is 2.07. The first-order valence-electron chi connectivity index (χ1n) is 8.74. The number of fused-ring (bicyclic) bond motifs is 1. The third kappa shape index (κ3) is 3.59. The quantitative estimate of drug-likeness (QED) is 0.679. The number of hydrogen-bond donors (Lipinski definition) is 1. The molecule has 0 atom stereocenters. The van der Waals surface area contributed by atoms with E-state index in [-0.39, 0.29) is 11.4 Å². The van der Waals surface area contributed by atoms with Gasteiger partial charge in [-0.3, -0.25) is 10.2 Å². The number of hydrazone groups is 1. The number of nitrogens with zero attached hydrogens (tertiary/aromatic N) is 5. The summed E-state index contributed by atoms with van der Waals surface area (Å²) in [6.07, 6.45) is 1.68. The summed E-state index contributed by atoms with van der Waals surface area (Å²) >= 11 is 4.87. The fourth-order valence-electron chi connectivity index (χ4n) is 3.01. The van der Waals surface area contributed by atoms with E-state index in [1.807, 2.05) is 37.2 Å². The van der Waals surface area contributed by atoms with Gasteiger partial charge in [-0.15, -0.1) is 5.10 Å². The summed E-state index contributed by atoms with van der Waals surface area (Å²) < 4.78 is 6.28. The van der Waals surface area contributed by atoms with Crippen LogP contribution in [0.2, 0.25) is 0 Å². The lowest BCUT2D eigenvalue weighted by molar-refractivity contribution is -0.114. The van der Waals surface area contributed by atoms with Gasteiger partial charge in [-0.25, -0.2) is 0 Å². The van der Waals surface area contributed by atoms with Gasteiger partial charge in [0.1, 0.15) is 0 Å². The number of amides is 1. The van der Waals surface area contributed by atoms with Crippen molar-refractivity contribution >= 4 is 61.5 Å². The highest BCUT2D eigenvalue weighted by Gasteiger charge is 2.37. The molecule has 1 aromatic rings. The molecule has 0 radical (unpaired) electrons. The molecule has 3 aliphatic heterocycles. The van der Waals surface area contributed by atoms with Crippen LogP contribution in [0.5, 0.6) is 0 Å². The van der Waals surface area contributed by atoms with Gasteiger partial charge in [0.2, 0.25) is 5.17 Å². The standard InChI is InChI=1S/C18H19BrN6O2S/c1-23(2)14-4-3-11(10-13(14)19)9-12-15(20)25-17(21-16(12)26)28-18(22-25)24-5-7-27-8-6-24/h3-4,9-10,20H,5-8H2,1-2H3/b12-9+,20-15?. The Morgan fingerprint density at radius 1 is 1.29 bits per heavy atom. The molecule has 1 amide bonds. The van der Waals surface area contributed by atoms with Crippen molar-refractivity contribution in [3.63, 3.8) is 0 Å². The first-order valence-corrected chi connectivity index (χ1v) is 10.3. The molecule has 8 nitrogen and oxygen atoms in total. The minimum absolute atomic E-state index is 0.0403. The van der Waals surface area contributed by atoms with Gasteiger partial charge < -0.3 is 14.5 Å². The van der Waals surface area contributed by atoms with Gasteiger partial charge in [0, 0.05) is 31.7 Å². The third-order valence-electron chi connectivity index (χ3n) is 4.49. The molecule has 28 heavy (non-hydrogen) atoms. The predicted molar refractivity (Wildman–Crippen MR) is 116 cm³/mol. The number of aliphatic imine (C=N–C) groups is 1. The number of carbonyl (C=O) groups is 1. The van der Waals surface area contributed by atoms with Gasteiger partial charge >= 0.3 is 0 Å². The van der Waals surface area contributed by atoms with E-state index >= 15 is 0 Å². The molecule has 1 fully saturated rings. The van der Waals surface area contributed by atoms with E-state index in [0.717, 1.165) is 34.0 Å². The Balaban J connectivity index is 1.61. The van der Waals surface area contributed by atoms with E-state index in [2.05, 4.69) is 30.9 Å². The van der Waals surface area contributed by atoms with Crippen molar-refractivity contribution in [3.8, 4) is 0 Å². The van der Waals surface area contributed by atoms with E-state index in [0.29, 0.717) is 18.4 Å². The van der Waals surface area contributed by atoms with E-state index < -0.39 is 5.91 Å². The van der Waals surface area contributed by atoms with Gasteiger partial charge in [-0.2, -0.15) is 10.0 Å². The van der Waals surface area contributed by atoms with Crippen LogP contribution in [0.3, 0.4) is 0 Å². The molecule has 0 aromatic heterocycles. The first kappa shape index (κ1) is 19.2. The normalized spacial score (nSPS) is 21.0. The lowest BCUT2D eigenvalue weighted by Gasteiger charge is -2.26. The Labute approximate surface area is 175 Å². The number of ether oxygens (including phenoxy) is 1. The van der Waals surface area contributed by atoms with Crippen LogP contribution in [-0.2, 0) is 9.53 Å². The maximum atomic E-state index is 12.6. The molecule has 0 saturated carbocycles. The SMILES string of the molecule is CN(C)c1ccc(/C=C2\C(=N)N3N=C(N4CCOCC4)SC3=NC2=O)cc1Br. The Hall–Kier alpha value is -2.17. The Morgan fingerprint density at radius 3 is 2.71 bits per heavy atom. The molecule has 1 aromatic carbocycles. The van der Waals surface area contributed by atoms with Crippen molar-refractivity contribution < 1.29 is 9.53 Å². The van der Waals surface area contributed by atoms with Crippen LogP contribution in [0.25, 0.3) is 6.08 Å². The van der Waals surface area contributed by atoms with E-state index in [1.165, 1.54) is 16.8 Å². The second-order valence-electron chi connectivity index (χ2n) is 6.61. The molecule has 3 aliphatic rings. The highest BCUT2D eigenvalue weighted by molar-refractivity contribution is 9.10. The fourth-order valence-corrected chi connectivity index (χ4v) is 4.70. The maximum Gasteiger partial charge on any atom is 0.283 e. The molecule has 1 saturated heterocycles. The predicted octanol–water partition coefficient (Wildman–Crippen LogP) is 2.42. The second kappa shape index (κ2) is 7.69. The number of amidine groups is 3. The summed E-state index contributed by atoms with van der Waals surface area (Å²) in [4.78, 5) is 20.8. The molecule has 1 N–H and O–H groups in total. The average molecular weight is 463 g/mol. The molecule has 0 bridgehead atoms. The number of benzene rings is 1. The number of rotatable bonds is 2. The summed E-state index contributed by atoms with van der Waals surface area (Å²) in [5.74, 6) is -0.381. The lowest BCUT2D eigenvalue weighted by atomic mass is 10.1. The fraction of sp³-hybridized carbons (Fsp3) is 0.333. The molecule has 0 aliphatic carbocycles. The van der Waals surface area contributed by atoms with Crippen molar-refractivity contribution in [2.45, 2.75) is 0 Å². The zero-order chi connectivity index (χ0) is 19.8. The molecular weight excluding hydrogens is 444 g/mol. The van der Waals surface area contributed by atoms with Gasteiger partial charge in [0.15, 0.2) is 11.0 Å². The first-order chi connectivity index (χ1) is 13.4. The number of morpholine rings is 1. The van der Waals surface area contributed by atoms with E-state index in [1.54, 1.807) is 6.08 Å². The molecule has 0 unspecified atom stereocenters. The number of halogens is 1. The molecule has 4 rings (SSSR count). The van der Waals surface area contributed by atoms with Crippen molar-refractivity contribution in [2.24, 2.45) is 10.1 Å². The van der Waals surface area contributed by atoms with Gasteiger partial charge in [0.05, 0.1) is 24.5 Å². The zero-order valence-electron chi connectivity index (χ0n) is 15.5. The minimum atomic E-state index is -0.421. The summed E-state index contributed by atoms with van der Waals surface area (Å²) in [6.45, 7) is 2.77. The highest BCUT2D eigenvalue weighted by atomic mass is 79.9. The van der Waals surface area contributed by atoms with Crippen molar-refractivity contribution in [3.05, 3.63) is 33.8 Å². The lowest BCUT2D eigenvalue weighted by Crippen LogP contribution is -2.39. The van der Waals surface area contributed by atoms with E-state index in [4.69, 9.17) is 10.1 Å². The maximum absolute atomic E-state index is 12.6. The monoisotopic (exact) mass is 462 g/mol. The molecule has 10 heteroatoms.